The Morgan fingerprint density at radius 2 is 1.93 bits per heavy atom. The van der Waals surface area contributed by atoms with E-state index in [1.807, 2.05) is 6.07 Å². The van der Waals surface area contributed by atoms with Crippen molar-refractivity contribution in [3.8, 4) is 0 Å². The van der Waals surface area contributed by atoms with Crippen molar-refractivity contribution in [1.29, 1.82) is 0 Å². The summed E-state index contributed by atoms with van der Waals surface area (Å²) in [5, 5.41) is 3.04. The van der Waals surface area contributed by atoms with Gasteiger partial charge in [-0.3, -0.25) is 14.5 Å². The monoisotopic (exact) mass is 461 g/mol. The number of likely N-dealkylation sites (tertiary alicyclic amines) is 1. The van der Waals surface area contributed by atoms with E-state index in [4.69, 9.17) is 4.42 Å². The molecular weight excluding hydrogens is 434 g/mol. The third-order valence-electron chi connectivity index (χ3n) is 5.60. The summed E-state index contributed by atoms with van der Waals surface area (Å²) in [5.74, 6) is 0.496. The predicted molar refractivity (Wildman–Crippen MR) is 117 cm³/mol. The van der Waals surface area contributed by atoms with E-state index in [2.05, 4.69) is 40.0 Å². The number of benzene rings is 1. The van der Waals surface area contributed by atoms with Crippen LogP contribution in [0.1, 0.15) is 47.6 Å². The van der Waals surface area contributed by atoms with Crippen LogP contribution in [0.25, 0.3) is 0 Å². The molecule has 0 saturated carbocycles. The first-order chi connectivity index (χ1) is 13.9. The van der Waals surface area contributed by atoms with Gasteiger partial charge in [-0.25, -0.2) is 0 Å². The van der Waals surface area contributed by atoms with Crippen LogP contribution in [0.3, 0.4) is 0 Å². The Bertz CT molecular complexity index is 858. The van der Waals surface area contributed by atoms with Crippen LogP contribution in [0.4, 0.5) is 5.69 Å². The van der Waals surface area contributed by atoms with Crippen LogP contribution in [0, 0.1) is 5.92 Å². The minimum atomic E-state index is -0.313. The molecule has 1 aromatic carbocycles. The fourth-order valence-electron chi connectivity index (χ4n) is 3.60. The van der Waals surface area contributed by atoms with Crippen molar-refractivity contribution < 1.29 is 14.0 Å². The number of hydrogen-bond acceptors (Lipinski definition) is 4. The lowest BCUT2D eigenvalue weighted by molar-refractivity contribution is 0.0922. The van der Waals surface area contributed by atoms with Gasteiger partial charge in [0.2, 0.25) is 0 Å². The van der Waals surface area contributed by atoms with Crippen LogP contribution in [0.5, 0.6) is 0 Å². The molecule has 0 spiro atoms. The molecule has 29 heavy (non-hydrogen) atoms. The van der Waals surface area contributed by atoms with Gasteiger partial charge in [-0.05, 0) is 79.0 Å². The van der Waals surface area contributed by atoms with Gasteiger partial charge >= 0.3 is 0 Å². The minimum Gasteiger partial charge on any atom is -0.444 e. The van der Waals surface area contributed by atoms with Gasteiger partial charge in [0.1, 0.15) is 0 Å². The van der Waals surface area contributed by atoms with Crippen LogP contribution in [0.2, 0.25) is 0 Å². The molecule has 1 aliphatic rings. The normalized spacial score (nSPS) is 16.4. The molecule has 7 heteroatoms. The molecule has 0 aliphatic carbocycles. The number of anilines is 1. The smallest absolute Gasteiger partial charge is 0.293 e. The van der Waals surface area contributed by atoms with E-state index in [1.165, 1.54) is 17.7 Å². The Kier molecular flexibility index (Phi) is 7.14. The number of nitrogens with zero attached hydrogens (tertiary/aromatic N) is 2. The van der Waals surface area contributed by atoms with E-state index in [0.29, 0.717) is 22.5 Å². The van der Waals surface area contributed by atoms with E-state index >= 15 is 0 Å². The summed E-state index contributed by atoms with van der Waals surface area (Å²) in [5.41, 5.74) is 1.01. The van der Waals surface area contributed by atoms with Crippen LogP contribution >= 0.6 is 15.9 Å². The largest absolute Gasteiger partial charge is 0.444 e. The zero-order valence-corrected chi connectivity index (χ0v) is 18.7. The zero-order chi connectivity index (χ0) is 21.0. The molecule has 1 fully saturated rings. The van der Waals surface area contributed by atoms with Crippen molar-refractivity contribution in [1.82, 2.24) is 10.2 Å². The minimum absolute atomic E-state index is 0.182. The zero-order valence-electron chi connectivity index (χ0n) is 17.2. The molecule has 1 unspecified atom stereocenters. The van der Waals surface area contributed by atoms with E-state index in [9.17, 15) is 9.59 Å². The molecule has 6 nitrogen and oxygen atoms in total. The number of piperidine rings is 1. The third-order valence-corrected chi connectivity index (χ3v) is 6.02. The van der Waals surface area contributed by atoms with Gasteiger partial charge in [0.25, 0.3) is 11.8 Å². The summed E-state index contributed by atoms with van der Waals surface area (Å²) < 4.78 is 5.85. The summed E-state index contributed by atoms with van der Waals surface area (Å²) in [6, 6.07) is 10.7. The van der Waals surface area contributed by atoms with E-state index in [1.54, 1.807) is 37.4 Å². The second kappa shape index (κ2) is 9.59. The van der Waals surface area contributed by atoms with Crippen molar-refractivity contribution in [2.75, 3.05) is 31.6 Å². The Labute approximate surface area is 180 Å². The van der Waals surface area contributed by atoms with Gasteiger partial charge in [-0.1, -0.05) is 19.1 Å². The molecule has 156 valence electrons. The van der Waals surface area contributed by atoms with Crippen molar-refractivity contribution in [3.63, 3.8) is 0 Å². The summed E-state index contributed by atoms with van der Waals surface area (Å²) in [6.07, 6.45) is 2.41. The number of para-hydroxylation sites is 1. The quantitative estimate of drug-likeness (QED) is 0.700. The van der Waals surface area contributed by atoms with E-state index in [-0.39, 0.29) is 23.6 Å². The van der Waals surface area contributed by atoms with Gasteiger partial charge in [-0.15, -0.1) is 0 Å². The second-order valence-electron chi connectivity index (χ2n) is 7.76. The van der Waals surface area contributed by atoms with E-state index in [0.717, 1.165) is 19.0 Å². The highest BCUT2D eigenvalue weighted by molar-refractivity contribution is 9.10. The molecule has 3 rings (SSSR count). The maximum absolute atomic E-state index is 12.9. The molecule has 0 radical (unpaired) electrons. The number of carbonyl (C=O) groups excluding carboxylic acids is 2. The highest BCUT2D eigenvalue weighted by Gasteiger charge is 2.23. The predicted octanol–water partition coefficient (Wildman–Crippen LogP) is 4.17. The highest BCUT2D eigenvalue weighted by atomic mass is 79.9. The molecule has 2 heterocycles. The number of nitrogens with one attached hydrogen (secondary N) is 1. The molecule has 2 amide bonds. The van der Waals surface area contributed by atoms with Gasteiger partial charge in [0.15, 0.2) is 10.4 Å². The van der Waals surface area contributed by atoms with Crippen molar-refractivity contribution in [2.45, 2.75) is 32.7 Å². The van der Waals surface area contributed by atoms with Crippen LogP contribution in [-0.4, -0.2) is 49.4 Å². The average molecular weight is 462 g/mol. The van der Waals surface area contributed by atoms with Gasteiger partial charge in [0, 0.05) is 19.6 Å². The molecule has 1 atom stereocenters. The summed E-state index contributed by atoms with van der Waals surface area (Å²) >= 11 is 3.21. The fourth-order valence-corrected chi connectivity index (χ4v) is 3.90. The highest BCUT2D eigenvalue weighted by Crippen LogP contribution is 2.23. The number of amides is 2. The number of hydrogen-bond donors (Lipinski definition) is 1. The molecular formula is C22H28BrN3O3. The first kappa shape index (κ1) is 21.6. The average Bonchev–Trinajstić information content (AvgIpc) is 3.17. The first-order valence-electron chi connectivity index (χ1n) is 10.0. The third kappa shape index (κ3) is 5.28. The Morgan fingerprint density at radius 3 is 2.59 bits per heavy atom. The number of furan rings is 1. The molecule has 2 aromatic rings. The molecule has 0 bridgehead atoms. The maximum atomic E-state index is 12.9. The van der Waals surface area contributed by atoms with Gasteiger partial charge in [0.05, 0.1) is 11.3 Å². The SMILES string of the molecule is CC1CCN(C(C)CNC(=O)c2ccccc2N(C)C(=O)c2ccc(Br)o2)CC1. The topological polar surface area (TPSA) is 65.8 Å². The Hall–Kier alpha value is -2.12. The number of halogens is 1. The first-order valence-corrected chi connectivity index (χ1v) is 10.8. The lowest BCUT2D eigenvalue weighted by atomic mass is 9.98. The molecule has 1 aliphatic heterocycles. The lowest BCUT2D eigenvalue weighted by Crippen LogP contribution is -2.45. The molecule has 1 aromatic heterocycles. The van der Waals surface area contributed by atoms with E-state index < -0.39 is 0 Å². The molecule has 1 N–H and O–H groups in total. The Balaban J connectivity index is 1.66. The standard InChI is InChI=1S/C22H28BrN3O3/c1-15-10-12-26(13-11-15)16(2)14-24-21(27)17-6-4-5-7-18(17)25(3)22(28)19-8-9-20(23)29-19/h4-9,15-16H,10-14H2,1-3H3,(H,24,27). The van der Waals surface area contributed by atoms with Gasteiger partial charge < -0.3 is 14.6 Å². The summed E-state index contributed by atoms with van der Waals surface area (Å²) in [4.78, 5) is 29.4. The van der Waals surface area contributed by atoms with Crippen molar-refractivity contribution >= 4 is 33.4 Å². The molecule has 1 saturated heterocycles. The Morgan fingerprint density at radius 1 is 1.24 bits per heavy atom. The fraction of sp³-hybridized carbons (Fsp3) is 0.455. The van der Waals surface area contributed by atoms with Gasteiger partial charge in [-0.2, -0.15) is 0 Å². The summed E-state index contributed by atoms with van der Waals surface area (Å²) in [6.45, 7) is 7.16. The van der Waals surface area contributed by atoms with Crippen LogP contribution in [-0.2, 0) is 0 Å². The number of carbonyl (C=O) groups is 2. The number of rotatable bonds is 6. The lowest BCUT2D eigenvalue weighted by Gasteiger charge is -2.35. The maximum Gasteiger partial charge on any atom is 0.293 e. The summed E-state index contributed by atoms with van der Waals surface area (Å²) in [7, 11) is 1.64. The van der Waals surface area contributed by atoms with Crippen LogP contribution in [0.15, 0.2) is 45.5 Å². The van der Waals surface area contributed by atoms with Crippen LogP contribution < -0.4 is 10.2 Å². The second-order valence-corrected chi connectivity index (χ2v) is 8.54. The van der Waals surface area contributed by atoms with Crippen molar-refractivity contribution in [3.05, 3.63) is 52.4 Å². The van der Waals surface area contributed by atoms with Crippen molar-refractivity contribution in [2.24, 2.45) is 5.92 Å².